The maximum absolute atomic E-state index is 13.6. The van der Waals surface area contributed by atoms with Crippen LogP contribution in [0.4, 0.5) is 4.39 Å². The van der Waals surface area contributed by atoms with Crippen LogP contribution in [0.1, 0.15) is 27.1 Å². The van der Waals surface area contributed by atoms with E-state index in [1.54, 1.807) is 6.07 Å². The third-order valence-electron chi connectivity index (χ3n) is 3.06. The Labute approximate surface area is 134 Å². The van der Waals surface area contributed by atoms with Crippen LogP contribution >= 0.6 is 43.5 Å². The molecule has 0 saturated carbocycles. The van der Waals surface area contributed by atoms with Gasteiger partial charge in [-0.2, -0.15) is 0 Å². The summed E-state index contributed by atoms with van der Waals surface area (Å²) in [4.78, 5) is -0.0499. The maximum atomic E-state index is 13.6. The van der Waals surface area contributed by atoms with Gasteiger partial charge in [-0.15, -0.1) is 0 Å². The number of hydrogen-bond acceptors (Lipinski definition) is 0. The molecule has 0 radical (unpaired) electrons. The fourth-order valence-electron chi connectivity index (χ4n) is 1.93. The lowest BCUT2D eigenvalue weighted by molar-refractivity contribution is 0.619. The number of benzene rings is 2. The van der Waals surface area contributed by atoms with Crippen molar-refractivity contribution in [3.05, 3.63) is 67.9 Å². The zero-order valence-electron chi connectivity index (χ0n) is 10.5. The Morgan fingerprint density at radius 3 is 2.42 bits per heavy atom. The summed E-state index contributed by atoms with van der Waals surface area (Å²) in [5, 5.41) is 0.753. The van der Waals surface area contributed by atoms with Crippen molar-refractivity contribution in [2.45, 2.75) is 18.7 Å². The van der Waals surface area contributed by atoms with Gasteiger partial charge in [0.25, 0.3) is 0 Å². The maximum Gasteiger partial charge on any atom is 0.137 e. The van der Waals surface area contributed by atoms with Gasteiger partial charge in [-0.05, 0) is 70.2 Å². The topological polar surface area (TPSA) is 0 Å². The van der Waals surface area contributed by atoms with E-state index in [1.807, 2.05) is 32.0 Å². The van der Waals surface area contributed by atoms with Crippen LogP contribution in [0.25, 0.3) is 0 Å². The van der Waals surface area contributed by atoms with Crippen molar-refractivity contribution in [3.8, 4) is 0 Å². The first kappa shape index (κ1) is 15.0. The van der Waals surface area contributed by atoms with E-state index in [4.69, 9.17) is 11.6 Å². The molecule has 2 aromatic rings. The van der Waals surface area contributed by atoms with E-state index in [2.05, 4.69) is 31.9 Å². The third-order valence-corrected chi connectivity index (χ3v) is 5.13. The van der Waals surface area contributed by atoms with Gasteiger partial charge in [0.15, 0.2) is 0 Å². The van der Waals surface area contributed by atoms with Crippen molar-refractivity contribution in [1.82, 2.24) is 0 Å². The van der Waals surface area contributed by atoms with Crippen LogP contribution < -0.4 is 0 Å². The van der Waals surface area contributed by atoms with Crippen molar-refractivity contribution < 1.29 is 4.39 Å². The summed E-state index contributed by atoms with van der Waals surface area (Å²) in [5.74, 6) is -0.259. The van der Waals surface area contributed by atoms with Gasteiger partial charge in [0.1, 0.15) is 5.82 Å². The summed E-state index contributed by atoms with van der Waals surface area (Å²) < 4.78 is 14.1. The van der Waals surface area contributed by atoms with E-state index in [9.17, 15) is 4.39 Å². The van der Waals surface area contributed by atoms with Crippen LogP contribution in [0.3, 0.4) is 0 Å². The second kappa shape index (κ2) is 5.94. The number of alkyl halides is 1. The second-order valence-electron chi connectivity index (χ2n) is 4.49. The van der Waals surface area contributed by atoms with Crippen LogP contribution in [0.5, 0.6) is 0 Å². The second-order valence-corrected chi connectivity index (χ2v) is 6.67. The Balaban J connectivity index is 2.46. The highest BCUT2D eigenvalue weighted by Gasteiger charge is 2.15. The Bertz CT molecular complexity index is 626. The molecule has 0 aliphatic heterocycles. The molecule has 0 aromatic heterocycles. The first-order chi connectivity index (χ1) is 8.90. The van der Waals surface area contributed by atoms with Gasteiger partial charge in [-0.3, -0.25) is 0 Å². The molecule has 0 bridgehead atoms. The average Bonchev–Trinajstić information content (AvgIpc) is 2.36. The minimum Gasteiger partial charge on any atom is -0.206 e. The molecule has 19 heavy (non-hydrogen) atoms. The van der Waals surface area contributed by atoms with E-state index < -0.39 is 0 Å². The Morgan fingerprint density at radius 2 is 1.79 bits per heavy atom. The van der Waals surface area contributed by atoms with Crippen LogP contribution in [-0.2, 0) is 0 Å². The molecular weight excluding hydrogens is 394 g/mol. The molecule has 0 N–H and O–H groups in total. The Kier molecular flexibility index (Phi) is 4.70. The van der Waals surface area contributed by atoms with Gasteiger partial charge >= 0.3 is 0 Å². The zero-order valence-corrected chi connectivity index (χ0v) is 14.4. The summed E-state index contributed by atoms with van der Waals surface area (Å²) in [6.45, 7) is 3.97. The lowest BCUT2D eigenvalue weighted by Crippen LogP contribution is -1.98. The molecule has 0 spiro atoms. The molecule has 100 valence electrons. The summed E-state index contributed by atoms with van der Waals surface area (Å²) in [7, 11) is 0. The van der Waals surface area contributed by atoms with Gasteiger partial charge < -0.3 is 0 Å². The molecular formula is C15H12Br2ClF. The third kappa shape index (κ3) is 3.21. The van der Waals surface area contributed by atoms with Crippen LogP contribution in [-0.4, -0.2) is 0 Å². The molecule has 0 amide bonds. The predicted molar refractivity (Wildman–Crippen MR) is 85.8 cm³/mol. The molecule has 0 nitrogen and oxygen atoms in total. The Morgan fingerprint density at radius 1 is 1.11 bits per heavy atom. The molecule has 0 saturated heterocycles. The number of halogens is 4. The lowest BCUT2D eigenvalue weighted by Gasteiger charge is -2.16. The summed E-state index contributed by atoms with van der Waals surface area (Å²) in [5.41, 5.74) is 4.08. The van der Waals surface area contributed by atoms with E-state index in [0.29, 0.717) is 4.47 Å². The predicted octanol–water partition coefficient (Wildman–Crippen LogP) is 6.34. The number of hydrogen-bond donors (Lipinski definition) is 0. The van der Waals surface area contributed by atoms with E-state index in [0.717, 1.165) is 27.3 Å². The average molecular weight is 407 g/mol. The van der Waals surface area contributed by atoms with Gasteiger partial charge in [-0.25, -0.2) is 4.39 Å². The van der Waals surface area contributed by atoms with Crippen molar-refractivity contribution in [3.63, 3.8) is 0 Å². The van der Waals surface area contributed by atoms with Gasteiger partial charge in [0.05, 0.1) is 9.30 Å². The molecule has 4 heteroatoms. The van der Waals surface area contributed by atoms with Crippen LogP contribution in [0.2, 0.25) is 5.02 Å². The summed E-state index contributed by atoms with van der Waals surface area (Å²) in [6, 6.07) is 9.13. The number of aryl methyl sites for hydroxylation is 2. The largest absolute Gasteiger partial charge is 0.206 e. The Hall–Kier alpha value is -0.380. The lowest BCUT2D eigenvalue weighted by atomic mass is 9.98. The molecule has 0 aliphatic carbocycles. The molecule has 1 atom stereocenters. The van der Waals surface area contributed by atoms with Crippen molar-refractivity contribution in [1.29, 1.82) is 0 Å². The van der Waals surface area contributed by atoms with E-state index in [-0.39, 0.29) is 10.6 Å². The summed E-state index contributed by atoms with van der Waals surface area (Å²) in [6.07, 6.45) is 0. The minimum atomic E-state index is -0.259. The van der Waals surface area contributed by atoms with Crippen LogP contribution in [0, 0.1) is 19.7 Å². The standard InChI is InChI=1S/C15H12Br2ClF/c1-8-6-13(18)9(2)5-11(8)15(17)10-3-4-12(16)14(19)7-10/h3-7,15H,1-2H3. The first-order valence-electron chi connectivity index (χ1n) is 5.76. The van der Waals surface area contributed by atoms with Gasteiger partial charge in [0.2, 0.25) is 0 Å². The normalized spacial score (nSPS) is 12.5. The van der Waals surface area contributed by atoms with E-state index >= 15 is 0 Å². The molecule has 0 fully saturated rings. The molecule has 0 heterocycles. The fourth-order valence-corrected chi connectivity index (χ4v) is 3.17. The van der Waals surface area contributed by atoms with Crippen molar-refractivity contribution in [2.24, 2.45) is 0 Å². The summed E-state index contributed by atoms with van der Waals surface area (Å²) >= 11 is 12.9. The highest BCUT2D eigenvalue weighted by atomic mass is 79.9. The van der Waals surface area contributed by atoms with Gasteiger partial charge in [0, 0.05) is 5.02 Å². The quantitative estimate of drug-likeness (QED) is 0.510. The van der Waals surface area contributed by atoms with Gasteiger partial charge in [-0.1, -0.05) is 39.7 Å². The smallest absolute Gasteiger partial charge is 0.137 e. The molecule has 2 rings (SSSR count). The fraction of sp³-hybridized carbons (Fsp3) is 0.200. The van der Waals surface area contributed by atoms with Crippen molar-refractivity contribution in [2.75, 3.05) is 0 Å². The van der Waals surface area contributed by atoms with Crippen LogP contribution in [0.15, 0.2) is 34.8 Å². The highest BCUT2D eigenvalue weighted by Crippen LogP contribution is 2.36. The molecule has 1 unspecified atom stereocenters. The molecule has 2 aromatic carbocycles. The number of rotatable bonds is 2. The zero-order chi connectivity index (χ0) is 14.2. The molecule has 0 aliphatic rings. The minimum absolute atomic E-state index is 0.0499. The SMILES string of the molecule is Cc1cc(C(Br)c2ccc(Br)c(F)c2)c(C)cc1Cl. The van der Waals surface area contributed by atoms with Crippen molar-refractivity contribution >= 4 is 43.5 Å². The monoisotopic (exact) mass is 404 g/mol. The highest BCUT2D eigenvalue weighted by molar-refractivity contribution is 9.10. The first-order valence-corrected chi connectivity index (χ1v) is 7.84. The van der Waals surface area contributed by atoms with E-state index in [1.165, 1.54) is 6.07 Å².